The number of thiophene rings is 1. The zero-order valence-corrected chi connectivity index (χ0v) is 20.9. The number of benzene rings is 1. The molecule has 1 aliphatic heterocycles. The van der Waals surface area contributed by atoms with Crippen LogP contribution >= 0.6 is 22.9 Å². The number of pyridine rings is 1. The molecule has 8 nitrogen and oxygen atoms in total. The molecule has 0 saturated carbocycles. The average Bonchev–Trinajstić information content (AvgIpc) is 3.45. The van der Waals surface area contributed by atoms with E-state index >= 15 is 0 Å². The lowest BCUT2D eigenvalue weighted by atomic mass is 10.1. The molecular weight excluding hydrogens is 488 g/mol. The molecule has 1 unspecified atom stereocenters. The van der Waals surface area contributed by atoms with Gasteiger partial charge in [-0.3, -0.25) is 14.3 Å². The molecular formula is C25H29ClN4O4S. The molecule has 3 aromatic rings. The van der Waals surface area contributed by atoms with E-state index in [9.17, 15) is 9.59 Å². The Labute approximate surface area is 213 Å². The summed E-state index contributed by atoms with van der Waals surface area (Å²) in [7, 11) is 0. The molecule has 35 heavy (non-hydrogen) atoms. The second-order valence-electron chi connectivity index (χ2n) is 8.26. The zero-order valence-electron chi connectivity index (χ0n) is 19.3. The van der Waals surface area contributed by atoms with Gasteiger partial charge in [0.15, 0.2) is 0 Å². The van der Waals surface area contributed by atoms with E-state index in [1.807, 2.05) is 48.5 Å². The third kappa shape index (κ3) is 6.71. The number of ether oxygens (including phenoxy) is 1. The van der Waals surface area contributed by atoms with Crippen molar-refractivity contribution in [3.63, 3.8) is 0 Å². The molecule has 1 aromatic carbocycles. The van der Waals surface area contributed by atoms with E-state index in [4.69, 9.17) is 21.4 Å². The maximum Gasteiger partial charge on any atom is 0.414 e. The van der Waals surface area contributed by atoms with Gasteiger partial charge in [-0.1, -0.05) is 17.7 Å². The highest BCUT2D eigenvalue weighted by atomic mass is 35.5. The first kappa shape index (κ1) is 25.4. The van der Waals surface area contributed by atoms with Crippen LogP contribution < -0.4 is 21.1 Å². The maximum atomic E-state index is 12.9. The Morgan fingerprint density at radius 3 is 2.60 bits per heavy atom. The fourth-order valence-corrected chi connectivity index (χ4v) is 5.03. The van der Waals surface area contributed by atoms with E-state index in [2.05, 4.69) is 10.6 Å². The van der Waals surface area contributed by atoms with Crippen molar-refractivity contribution >= 4 is 34.7 Å². The fourth-order valence-electron chi connectivity index (χ4n) is 3.98. The van der Waals surface area contributed by atoms with Crippen molar-refractivity contribution in [3.8, 4) is 5.69 Å². The fraction of sp³-hybridized carbons (Fsp3) is 0.360. The predicted molar refractivity (Wildman–Crippen MR) is 139 cm³/mol. The van der Waals surface area contributed by atoms with Gasteiger partial charge in [0.05, 0.1) is 17.5 Å². The number of rotatable bonds is 12. The summed E-state index contributed by atoms with van der Waals surface area (Å²) in [5, 5.41) is 15.3. The van der Waals surface area contributed by atoms with Crippen LogP contribution in [0.1, 0.15) is 16.9 Å². The van der Waals surface area contributed by atoms with Crippen molar-refractivity contribution in [2.45, 2.75) is 25.5 Å². The highest BCUT2D eigenvalue weighted by Gasteiger charge is 2.32. The number of hydrogen-bond acceptors (Lipinski definition) is 7. The van der Waals surface area contributed by atoms with Gasteiger partial charge in [-0.2, -0.15) is 0 Å². The van der Waals surface area contributed by atoms with Crippen LogP contribution in [-0.4, -0.2) is 54.7 Å². The van der Waals surface area contributed by atoms with Crippen LogP contribution in [0.4, 0.5) is 10.5 Å². The van der Waals surface area contributed by atoms with Gasteiger partial charge in [0, 0.05) is 47.6 Å². The summed E-state index contributed by atoms with van der Waals surface area (Å²) in [6.45, 7) is 3.08. The van der Waals surface area contributed by atoms with Crippen molar-refractivity contribution in [3.05, 3.63) is 79.9 Å². The van der Waals surface area contributed by atoms with E-state index in [0.717, 1.165) is 39.1 Å². The number of nitrogens with one attached hydrogen (secondary N) is 2. The molecule has 1 saturated heterocycles. The quantitative estimate of drug-likeness (QED) is 0.320. The monoisotopic (exact) mass is 516 g/mol. The van der Waals surface area contributed by atoms with Crippen molar-refractivity contribution in [2.24, 2.45) is 0 Å². The predicted octanol–water partition coefficient (Wildman–Crippen LogP) is 3.18. The number of aryl methyl sites for hydroxylation is 1. The maximum absolute atomic E-state index is 12.9. The van der Waals surface area contributed by atoms with Crippen molar-refractivity contribution < 1.29 is 14.6 Å². The lowest BCUT2D eigenvalue weighted by molar-refractivity contribution is 0.140. The Balaban J connectivity index is 1.34. The Kier molecular flexibility index (Phi) is 8.95. The lowest BCUT2D eigenvalue weighted by Gasteiger charge is -2.14. The first-order chi connectivity index (χ1) is 17.0. The van der Waals surface area contributed by atoms with E-state index in [1.165, 1.54) is 11.3 Å². The number of carbonyl (C=O) groups excluding carboxylic acids is 1. The molecule has 1 amide bonds. The molecule has 3 N–H and O–H groups in total. The van der Waals surface area contributed by atoms with Gasteiger partial charge in [-0.05, 0) is 61.9 Å². The number of aliphatic hydroxyl groups excluding tert-OH is 1. The van der Waals surface area contributed by atoms with E-state index in [1.54, 1.807) is 15.7 Å². The van der Waals surface area contributed by atoms with Crippen LogP contribution in [0.3, 0.4) is 0 Å². The number of aromatic nitrogens is 1. The number of amides is 1. The molecule has 0 bridgehead atoms. The Morgan fingerprint density at radius 1 is 1.06 bits per heavy atom. The molecule has 10 heteroatoms. The normalized spacial score (nSPS) is 15.5. The minimum Gasteiger partial charge on any atom is -0.443 e. The molecule has 2 aromatic heterocycles. The number of carbonyl (C=O) groups is 1. The molecule has 3 heterocycles. The van der Waals surface area contributed by atoms with Crippen LogP contribution in [0.15, 0.2) is 59.5 Å². The Morgan fingerprint density at radius 2 is 1.86 bits per heavy atom. The van der Waals surface area contributed by atoms with Crippen molar-refractivity contribution in [1.29, 1.82) is 0 Å². The van der Waals surface area contributed by atoms with E-state index < -0.39 is 0 Å². The number of halogens is 1. The van der Waals surface area contributed by atoms with Gasteiger partial charge < -0.3 is 20.5 Å². The van der Waals surface area contributed by atoms with E-state index in [-0.39, 0.29) is 24.4 Å². The second kappa shape index (κ2) is 12.3. The highest BCUT2D eigenvalue weighted by molar-refractivity contribution is 7.16. The van der Waals surface area contributed by atoms with Gasteiger partial charge in [-0.15, -0.1) is 11.3 Å². The van der Waals surface area contributed by atoms with Crippen LogP contribution in [0.2, 0.25) is 4.34 Å². The zero-order chi connectivity index (χ0) is 24.6. The SMILES string of the molecule is O=C1OC(CNCc2ccc(Cl)s2)CN1c1ccc(-n2cccc(CCCNCCO)c2=O)cc1. The summed E-state index contributed by atoms with van der Waals surface area (Å²) in [5.74, 6) is 0. The first-order valence-corrected chi connectivity index (χ1v) is 12.8. The third-order valence-electron chi connectivity index (χ3n) is 5.73. The molecule has 4 rings (SSSR count). The van der Waals surface area contributed by atoms with Crippen LogP contribution in [0, 0.1) is 0 Å². The van der Waals surface area contributed by atoms with Crippen LogP contribution in [0.25, 0.3) is 5.69 Å². The smallest absolute Gasteiger partial charge is 0.414 e. The number of nitrogens with zero attached hydrogens (tertiary/aromatic N) is 2. The number of aliphatic hydroxyl groups is 1. The summed E-state index contributed by atoms with van der Waals surface area (Å²) in [6, 6.07) is 14.9. The summed E-state index contributed by atoms with van der Waals surface area (Å²) < 4.78 is 7.88. The van der Waals surface area contributed by atoms with Gasteiger partial charge in [0.2, 0.25) is 0 Å². The number of anilines is 1. The molecule has 0 spiro atoms. The van der Waals surface area contributed by atoms with Gasteiger partial charge in [0.1, 0.15) is 6.10 Å². The third-order valence-corrected chi connectivity index (χ3v) is 6.96. The molecule has 1 aliphatic rings. The summed E-state index contributed by atoms with van der Waals surface area (Å²) >= 11 is 7.49. The van der Waals surface area contributed by atoms with Gasteiger partial charge in [0.25, 0.3) is 5.56 Å². The minimum atomic E-state index is -0.377. The number of hydrogen-bond donors (Lipinski definition) is 3. The molecule has 0 aliphatic carbocycles. The Hall–Kier alpha value is -2.69. The van der Waals surface area contributed by atoms with Gasteiger partial charge in [-0.25, -0.2) is 4.79 Å². The Bertz CT molecular complexity index is 1180. The topological polar surface area (TPSA) is 95.8 Å². The molecule has 186 valence electrons. The van der Waals surface area contributed by atoms with Crippen molar-refractivity contribution in [2.75, 3.05) is 37.7 Å². The average molecular weight is 517 g/mol. The summed E-state index contributed by atoms with van der Waals surface area (Å²) in [5.41, 5.74) is 2.15. The standard InChI is InChI=1S/C25H29ClN4O4S/c26-23-10-9-22(35-23)16-28-15-21-17-30(25(33)34-21)20-7-5-19(6-8-20)29-13-2-4-18(24(29)32)3-1-11-27-12-14-31/h2,4-10,13,21,27-28,31H,1,3,11-12,14-17H2. The number of cyclic esters (lactones) is 1. The molecule has 1 atom stereocenters. The van der Waals surface area contributed by atoms with Crippen LogP contribution in [0.5, 0.6) is 0 Å². The molecule has 1 fully saturated rings. The summed E-state index contributed by atoms with van der Waals surface area (Å²) in [4.78, 5) is 28.1. The minimum absolute atomic E-state index is 0.0545. The molecule has 0 radical (unpaired) electrons. The van der Waals surface area contributed by atoms with Gasteiger partial charge >= 0.3 is 6.09 Å². The van der Waals surface area contributed by atoms with Crippen molar-refractivity contribution in [1.82, 2.24) is 15.2 Å². The van der Waals surface area contributed by atoms with Crippen LogP contribution in [-0.2, 0) is 17.7 Å². The first-order valence-electron chi connectivity index (χ1n) is 11.6. The second-order valence-corrected chi connectivity index (χ2v) is 10.1. The van der Waals surface area contributed by atoms with E-state index in [0.29, 0.717) is 32.6 Å². The summed E-state index contributed by atoms with van der Waals surface area (Å²) in [6.07, 6.45) is 2.59. The lowest BCUT2D eigenvalue weighted by Crippen LogP contribution is -2.30. The highest BCUT2D eigenvalue weighted by Crippen LogP contribution is 2.24. The largest absolute Gasteiger partial charge is 0.443 e.